The van der Waals surface area contributed by atoms with Crippen LogP contribution in [0.4, 0.5) is 5.69 Å². The van der Waals surface area contributed by atoms with Gasteiger partial charge in [0.05, 0.1) is 12.5 Å². The minimum absolute atomic E-state index is 0.505. The maximum absolute atomic E-state index is 8.67. The molecule has 1 saturated heterocycles. The summed E-state index contributed by atoms with van der Waals surface area (Å²) in [4.78, 5) is 5.00. The molecule has 0 radical (unpaired) electrons. The number of nitriles is 1. The van der Waals surface area contributed by atoms with Gasteiger partial charge in [-0.25, -0.2) is 0 Å². The number of piperazine rings is 1. The molecule has 0 N–H and O–H groups in total. The quantitative estimate of drug-likeness (QED) is 0.812. The molecular formula is C16H23N3. The van der Waals surface area contributed by atoms with Crippen LogP contribution in [0.15, 0.2) is 24.3 Å². The first-order valence-electron chi connectivity index (χ1n) is 7.26. The molecule has 19 heavy (non-hydrogen) atoms. The van der Waals surface area contributed by atoms with E-state index in [-0.39, 0.29) is 0 Å². The highest BCUT2D eigenvalue weighted by Crippen LogP contribution is 2.17. The van der Waals surface area contributed by atoms with Crippen molar-refractivity contribution < 1.29 is 0 Å². The van der Waals surface area contributed by atoms with E-state index in [9.17, 15) is 0 Å². The van der Waals surface area contributed by atoms with Crippen LogP contribution < -0.4 is 4.90 Å². The van der Waals surface area contributed by atoms with Crippen molar-refractivity contribution in [3.05, 3.63) is 29.8 Å². The Kier molecular flexibility index (Phi) is 5.23. The molecule has 3 heteroatoms. The summed E-state index contributed by atoms with van der Waals surface area (Å²) < 4.78 is 0. The SMILES string of the molecule is CCCCN1CCN(c2ccc(CC#N)cc2)CC1. The minimum atomic E-state index is 0.505. The molecule has 0 aliphatic carbocycles. The number of anilines is 1. The van der Waals surface area contributed by atoms with Crippen LogP contribution >= 0.6 is 0 Å². The van der Waals surface area contributed by atoms with E-state index in [1.807, 2.05) is 0 Å². The fourth-order valence-electron chi connectivity index (χ4n) is 2.53. The molecule has 1 heterocycles. The molecule has 1 aliphatic heterocycles. The summed E-state index contributed by atoms with van der Waals surface area (Å²) in [5, 5.41) is 8.67. The first kappa shape index (κ1) is 13.9. The van der Waals surface area contributed by atoms with Crippen molar-refractivity contribution in [3.63, 3.8) is 0 Å². The zero-order valence-corrected chi connectivity index (χ0v) is 11.8. The predicted molar refractivity (Wildman–Crippen MR) is 79.3 cm³/mol. The van der Waals surface area contributed by atoms with Crippen LogP contribution in [0.1, 0.15) is 25.3 Å². The third-order valence-corrected chi connectivity index (χ3v) is 3.78. The number of benzene rings is 1. The van der Waals surface area contributed by atoms with Gasteiger partial charge in [-0.15, -0.1) is 0 Å². The van der Waals surface area contributed by atoms with Crippen molar-refractivity contribution in [2.45, 2.75) is 26.2 Å². The second kappa shape index (κ2) is 7.16. The largest absolute Gasteiger partial charge is 0.369 e. The highest BCUT2D eigenvalue weighted by atomic mass is 15.3. The second-order valence-corrected chi connectivity index (χ2v) is 5.18. The van der Waals surface area contributed by atoms with Crippen LogP contribution in [0.25, 0.3) is 0 Å². The Bertz CT molecular complexity index is 411. The van der Waals surface area contributed by atoms with Crippen molar-refractivity contribution >= 4 is 5.69 Å². The van der Waals surface area contributed by atoms with Crippen molar-refractivity contribution in [2.75, 3.05) is 37.6 Å². The Hall–Kier alpha value is -1.53. The van der Waals surface area contributed by atoms with Crippen molar-refractivity contribution in [1.82, 2.24) is 4.90 Å². The molecular weight excluding hydrogens is 234 g/mol. The zero-order chi connectivity index (χ0) is 13.5. The van der Waals surface area contributed by atoms with Gasteiger partial charge in [0, 0.05) is 31.9 Å². The molecule has 0 unspecified atom stereocenters. The molecule has 0 aromatic heterocycles. The summed E-state index contributed by atoms with van der Waals surface area (Å²) in [5.74, 6) is 0. The zero-order valence-electron chi connectivity index (χ0n) is 11.8. The Labute approximate surface area is 116 Å². The maximum Gasteiger partial charge on any atom is 0.0669 e. The van der Waals surface area contributed by atoms with Gasteiger partial charge in [-0.2, -0.15) is 5.26 Å². The number of nitrogens with zero attached hydrogens (tertiary/aromatic N) is 3. The number of unbranched alkanes of at least 4 members (excludes halogenated alkanes) is 1. The third-order valence-electron chi connectivity index (χ3n) is 3.78. The van der Waals surface area contributed by atoms with E-state index in [4.69, 9.17) is 5.26 Å². The fraction of sp³-hybridized carbons (Fsp3) is 0.562. The number of hydrogen-bond donors (Lipinski definition) is 0. The lowest BCUT2D eigenvalue weighted by atomic mass is 10.1. The minimum Gasteiger partial charge on any atom is -0.369 e. The Morgan fingerprint density at radius 3 is 2.37 bits per heavy atom. The fourth-order valence-corrected chi connectivity index (χ4v) is 2.53. The predicted octanol–water partition coefficient (Wildman–Crippen LogP) is 2.67. The number of rotatable bonds is 5. The molecule has 0 spiro atoms. The molecule has 0 bridgehead atoms. The van der Waals surface area contributed by atoms with Crippen molar-refractivity contribution in [3.8, 4) is 6.07 Å². The van der Waals surface area contributed by atoms with Crippen LogP contribution in [0.5, 0.6) is 0 Å². The van der Waals surface area contributed by atoms with E-state index in [2.05, 4.69) is 47.1 Å². The number of hydrogen-bond acceptors (Lipinski definition) is 3. The standard InChI is InChI=1S/C16H23N3/c1-2-3-10-18-11-13-19(14-12-18)16-6-4-15(5-7-16)8-9-17/h4-7H,2-3,8,10-14H2,1H3. The van der Waals surface area contributed by atoms with Crippen molar-refractivity contribution in [1.29, 1.82) is 5.26 Å². The van der Waals surface area contributed by atoms with E-state index in [0.29, 0.717) is 6.42 Å². The molecule has 102 valence electrons. The summed E-state index contributed by atoms with van der Waals surface area (Å²) in [7, 11) is 0. The van der Waals surface area contributed by atoms with Gasteiger partial charge in [0.15, 0.2) is 0 Å². The van der Waals surface area contributed by atoms with Gasteiger partial charge in [-0.1, -0.05) is 25.5 Å². The molecule has 0 atom stereocenters. The van der Waals surface area contributed by atoms with Crippen LogP contribution in [0.2, 0.25) is 0 Å². The van der Waals surface area contributed by atoms with Crippen LogP contribution in [-0.4, -0.2) is 37.6 Å². The van der Waals surface area contributed by atoms with E-state index in [1.165, 1.54) is 38.2 Å². The summed E-state index contributed by atoms with van der Waals surface area (Å²) in [5.41, 5.74) is 2.39. The van der Waals surface area contributed by atoms with Gasteiger partial charge in [-0.3, -0.25) is 4.90 Å². The van der Waals surface area contributed by atoms with Gasteiger partial charge < -0.3 is 4.90 Å². The molecule has 0 saturated carbocycles. The lowest BCUT2D eigenvalue weighted by Gasteiger charge is -2.36. The second-order valence-electron chi connectivity index (χ2n) is 5.18. The Morgan fingerprint density at radius 2 is 1.79 bits per heavy atom. The highest BCUT2D eigenvalue weighted by molar-refractivity contribution is 5.48. The van der Waals surface area contributed by atoms with E-state index in [1.54, 1.807) is 0 Å². The molecule has 0 amide bonds. The highest BCUT2D eigenvalue weighted by Gasteiger charge is 2.16. The molecule has 2 rings (SSSR count). The molecule has 3 nitrogen and oxygen atoms in total. The molecule has 1 aromatic carbocycles. The van der Waals surface area contributed by atoms with Gasteiger partial charge in [0.25, 0.3) is 0 Å². The molecule has 1 aliphatic rings. The van der Waals surface area contributed by atoms with Crippen LogP contribution in [-0.2, 0) is 6.42 Å². The first-order valence-corrected chi connectivity index (χ1v) is 7.26. The third kappa shape index (κ3) is 3.97. The Balaban J connectivity index is 1.85. The van der Waals surface area contributed by atoms with Crippen LogP contribution in [0, 0.1) is 11.3 Å². The monoisotopic (exact) mass is 257 g/mol. The van der Waals surface area contributed by atoms with Gasteiger partial charge in [-0.05, 0) is 30.7 Å². The van der Waals surface area contributed by atoms with Gasteiger partial charge in [0.2, 0.25) is 0 Å². The smallest absolute Gasteiger partial charge is 0.0669 e. The lowest BCUT2D eigenvalue weighted by Crippen LogP contribution is -2.46. The first-order chi connectivity index (χ1) is 9.33. The van der Waals surface area contributed by atoms with E-state index in [0.717, 1.165) is 18.7 Å². The maximum atomic E-state index is 8.67. The van der Waals surface area contributed by atoms with E-state index < -0.39 is 0 Å². The molecule has 1 fully saturated rings. The molecule has 1 aromatic rings. The van der Waals surface area contributed by atoms with E-state index >= 15 is 0 Å². The average Bonchev–Trinajstić information content (AvgIpc) is 2.47. The summed E-state index contributed by atoms with van der Waals surface area (Å²) in [6.45, 7) is 8.05. The lowest BCUT2D eigenvalue weighted by molar-refractivity contribution is 0.254. The summed E-state index contributed by atoms with van der Waals surface area (Å²) in [6, 6.07) is 10.6. The Morgan fingerprint density at radius 1 is 1.11 bits per heavy atom. The topological polar surface area (TPSA) is 30.3 Å². The summed E-state index contributed by atoms with van der Waals surface area (Å²) in [6.07, 6.45) is 3.09. The van der Waals surface area contributed by atoms with Gasteiger partial charge in [0.1, 0.15) is 0 Å². The summed E-state index contributed by atoms with van der Waals surface area (Å²) >= 11 is 0. The van der Waals surface area contributed by atoms with Crippen molar-refractivity contribution in [2.24, 2.45) is 0 Å². The normalized spacial score (nSPS) is 16.3. The van der Waals surface area contributed by atoms with Crippen LogP contribution in [0.3, 0.4) is 0 Å². The average molecular weight is 257 g/mol. The van der Waals surface area contributed by atoms with Gasteiger partial charge >= 0.3 is 0 Å².